The summed E-state index contributed by atoms with van der Waals surface area (Å²) in [4.78, 5) is 27.2. The molecule has 0 radical (unpaired) electrons. The van der Waals surface area contributed by atoms with Crippen molar-refractivity contribution in [2.45, 2.75) is 19.9 Å². The first kappa shape index (κ1) is 23.9. The van der Waals surface area contributed by atoms with Crippen molar-refractivity contribution in [3.05, 3.63) is 95.6 Å². The molecule has 0 aliphatic heterocycles. The van der Waals surface area contributed by atoms with E-state index in [2.05, 4.69) is 10.6 Å². The fourth-order valence-corrected chi connectivity index (χ4v) is 3.33. The Bertz CT molecular complexity index is 1120. The number of ether oxygens (including phenoxy) is 1. The molecule has 0 bridgehead atoms. The van der Waals surface area contributed by atoms with Crippen LogP contribution >= 0.6 is 12.2 Å². The third-order valence-corrected chi connectivity index (χ3v) is 5.28. The fraction of sp³-hybridized carbons (Fsp3) is 0.192. The fourth-order valence-electron chi connectivity index (χ4n) is 3.14. The Morgan fingerprint density at radius 2 is 1.67 bits per heavy atom. The average molecular weight is 462 g/mol. The van der Waals surface area contributed by atoms with Gasteiger partial charge in [0.1, 0.15) is 5.75 Å². The summed E-state index contributed by atoms with van der Waals surface area (Å²) in [6.45, 7) is 3.01. The van der Waals surface area contributed by atoms with E-state index in [1.165, 1.54) is 0 Å². The summed E-state index contributed by atoms with van der Waals surface area (Å²) >= 11 is 5.46. The summed E-state index contributed by atoms with van der Waals surface area (Å²) < 4.78 is 5.60. The number of amides is 2. The minimum Gasteiger partial charge on any atom is -0.494 e. The first-order chi connectivity index (χ1) is 16.0. The third kappa shape index (κ3) is 6.63. The highest BCUT2D eigenvalue weighted by molar-refractivity contribution is 7.80. The van der Waals surface area contributed by atoms with Crippen LogP contribution in [0.25, 0.3) is 0 Å². The minimum absolute atomic E-state index is 0.184. The van der Waals surface area contributed by atoms with Crippen molar-refractivity contribution >= 4 is 34.8 Å². The lowest BCUT2D eigenvalue weighted by Gasteiger charge is -2.23. The van der Waals surface area contributed by atoms with E-state index >= 15 is 0 Å². The summed E-state index contributed by atoms with van der Waals surface area (Å²) in [5.74, 6) is 0.0558. The summed E-state index contributed by atoms with van der Waals surface area (Å²) in [6.07, 6.45) is 0.879. The Morgan fingerprint density at radius 1 is 0.939 bits per heavy atom. The lowest BCUT2D eigenvalue weighted by molar-refractivity contribution is 0.0950. The van der Waals surface area contributed by atoms with Gasteiger partial charge in [-0.15, -0.1) is 0 Å². The molecule has 0 aliphatic carbocycles. The molecule has 0 fully saturated rings. The normalized spacial score (nSPS) is 10.2. The number of benzene rings is 3. The molecule has 0 unspecified atom stereocenters. The van der Waals surface area contributed by atoms with Gasteiger partial charge in [-0.2, -0.15) is 0 Å². The van der Waals surface area contributed by atoms with E-state index in [1.807, 2.05) is 43.3 Å². The van der Waals surface area contributed by atoms with Crippen LogP contribution in [0, 0.1) is 0 Å². The summed E-state index contributed by atoms with van der Waals surface area (Å²) in [7, 11) is 1.71. The van der Waals surface area contributed by atoms with Crippen LogP contribution in [0.4, 0.5) is 5.69 Å². The Hall–Kier alpha value is -3.71. The lowest BCUT2D eigenvalue weighted by atomic mass is 10.1. The van der Waals surface area contributed by atoms with E-state index in [0.29, 0.717) is 35.7 Å². The van der Waals surface area contributed by atoms with Crippen molar-refractivity contribution in [1.29, 1.82) is 0 Å². The Morgan fingerprint density at radius 3 is 2.42 bits per heavy atom. The number of rotatable bonds is 8. The van der Waals surface area contributed by atoms with E-state index in [4.69, 9.17) is 17.0 Å². The van der Waals surface area contributed by atoms with Gasteiger partial charge in [0.15, 0.2) is 5.11 Å². The van der Waals surface area contributed by atoms with Crippen LogP contribution in [-0.4, -0.2) is 30.6 Å². The standard InChI is InChI=1S/C26H27N3O3S/c1-3-16-32-21-13-9-12-20(17-21)24(30)28-26(33)29(2)23-15-8-7-14-22(23)25(31)27-18-19-10-5-4-6-11-19/h4-15,17H,3,16,18H2,1-2H3,(H,27,31)(H,28,30,33). The topological polar surface area (TPSA) is 70.7 Å². The van der Waals surface area contributed by atoms with Crippen molar-refractivity contribution in [2.75, 3.05) is 18.6 Å². The molecule has 2 N–H and O–H groups in total. The van der Waals surface area contributed by atoms with Crippen LogP contribution in [-0.2, 0) is 6.54 Å². The van der Waals surface area contributed by atoms with Crippen molar-refractivity contribution in [1.82, 2.24) is 10.6 Å². The first-order valence-corrected chi connectivity index (χ1v) is 11.1. The predicted molar refractivity (Wildman–Crippen MR) is 135 cm³/mol. The summed E-state index contributed by atoms with van der Waals surface area (Å²) in [5.41, 5.74) is 2.49. The Balaban J connectivity index is 1.68. The molecule has 2 amide bonds. The second kappa shape index (κ2) is 11.8. The molecule has 3 rings (SSSR count). The zero-order valence-electron chi connectivity index (χ0n) is 18.7. The molecular formula is C26H27N3O3S. The summed E-state index contributed by atoms with van der Waals surface area (Å²) in [6, 6.07) is 23.7. The number of carbonyl (C=O) groups excluding carboxylic acids is 2. The zero-order valence-corrected chi connectivity index (χ0v) is 19.5. The van der Waals surface area contributed by atoms with Crippen LogP contribution < -0.4 is 20.3 Å². The number of thiocarbonyl (C=S) groups is 1. The van der Waals surface area contributed by atoms with Crippen molar-refractivity contribution in [3.8, 4) is 5.75 Å². The monoisotopic (exact) mass is 461 g/mol. The van der Waals surface area contributed by atoms with Crippen molar-refractivity contribution in [2.24, 2.45) is 0 Å². The number of nitrogens with zero attached hydrogens (tertiary/aromatic N) is 1. The SMILES string of the molecule is CCCOc1cccc(C(=O)NC(=S)N(C)c2ccccc2C(=O)NCc2ccccc2)c1. The highest BCUT2D eigenvalue weighted by atomic mass is 32.1. The van der Waals surface area contributed by atoms with Crippen LogP contribution in [0.5, 0.6) is 5.75 Å². The van der Waals surface area contributed by atoms with E-state index in [0.717, 1.165) is 12.0 Å². The zero-order chi connectivity index (χ0) is 23.6. The van der Waals surface area contributed by atoms with Crippen LogP contribution in [0.1, 0.15) is 39.6 Å². The second-order valence-corrected chi connectivity index (χ2v) is 7.77. The molecule has 6 nitrogen and oxygen atoms in total. The second-order valence-electron chi connectivity index (χ2n) is 7.38. The largest absolute Gasteiger partial charge is 0.494 e. The molecule has 170 valence electrons. The molecule has 0 saturated heterocycles. The van der Waals surface area contributed by atoms with E-state index in [1.54, 1.807) is 54.4 Å². The maximum absolute atomic E-state index is 12.9. The first-order valence-electron chi connectivity index (χ1n) is 10.7. The van der Waals surface area contributed by atoms with Gasteiger partial charge in [0.2, 0.25) is 0 Å². The number of anilines is 1. The maximum atomic E-state index is 12.9. The number of hydrogen-bond acceptors (Lipinski definition) is 4. The van der Waals surface area contributed by atoms with Gasteiger partial charge in [-0.25, -0.2) is 0 Å². The molecule has 0 aromatic heterocycles. The van der Waals surface area contributed by atoms with Crippen LogP contribution in [0.3, 0.4) is 0 Å². The maximum Gasteiger partial charge on any atom is 0.257 e. The van der Waals surface area contributed by atoms with Gasteiger partial charge in [-0.1, -0.05) is 55.5 Å². The Labute approximate surface area is 199 Å². The van der Waals surface area contributed by atoms with Crippen LogP contribution in [0.2, 0.25) is 0 Å². The number of nitrogens with one attached hydrogen (secondary N) is 2. The highest BCUT2D eigenvalue weighted by Crippen LogP contribution is 2.20. The Kier molecular flexibility index (Phi) is 8.55. The summed E-state index contributed by atoms with van der Waals surface area (Å²) in [5, 5.41) is 5.85. The highest BCUT2D eigenvalue weighted by Gasteiger charge is 2.18. The molecule has 33 heavy (non-hydrogen) atoms. The lowest BCUT2D eigenvalue weighted by Crippen LogP contribution is -2.41. The van der Waals surface area contributed by atoms with Gasteiger partial charge < -0.3 is 15.0 Å². The van der Waals surface area contributed by atoms with E-state index < -0.39 is 0 Å². The molecular weight excluding hydrogens is 434 g/mol. The average Bonchev–Trinajstić information content (AvgIpc) is 2.86. The number of carbonyl (C=O) groups is 2. The van der Waals surface area contributed by atoms with Gasteiger partial charge in [-0.3, -0.25) is 14.9 Å². The smallest absolute Gasteiger partial charge is 0.257 e. The predicted octanol–water partition coefficient (Wildman–Crippen LogP) is 4.56. The van der Waals surface area contributed by atoms with E-state index in [9.17, 15) is 9.59 Å². The van der Waals surface area contributed by atoms with Gasteiger partial charge >= 0.3 is 0 Å². The van der Waals surface area contributed by atoms with Gasteiger partial charge in [0.25, 0.3) is 11.8 Å². The molecule has 3 aromatic rings. The molecule has 0 aliphatic rings. The van der Waals surface area contributed by atoms with Gasteiger partial charge in [-0.05, 0) is 54.5 Å². The molecule has 0 heterocycles. The molecule has 0 spiro atoms. The van der Waals surface area contributed by atoms with Gasteiger partial charge in [0, 0.05) is 19.2 Å². The third-order valence-electron chi connectivity index (χ3n) is 4.90. The van der Waals surface area contributed by atoms with Crippen molar-refractivity contribution < 1.29 is 14.3 Å². The van der Waals surface area contributed by atoms with E-state index in [-0.39, 0.29) is 16.9 Å². The number of hydrogen-bond donors (Lipinski definition) is 2. The van der Waals surface area contributed by atoms with Crippen molar-refractivity contribution in [3.63, 3.8) is 0 Å². The number of para-hydroxylation sites is 1. The molecule has 0 atom stereocenters. The molecule has 0 saturated carbocycles. The molecule has 3 aromatic carbocycles. The van der Waals surface area contributed by atoms with Crippen LogP contribution in [0.15, 0.2) is 78.9 Å². The van der Waals surface area contributed by atoms with Gasteiger partial charge in [0.05, 0.1) is 17.9 Å². The molecule has 7 heteroatoms. The minimum atomic E-state index is -0.347. The quantitative estimate of drug-likeness (QED) is 0.482.